The van der Waals surface area contributed by atoms with Gasteiger partial charge in [-0.25, -0.2) is 0 Å². The maximum atomic E-state index is 6.56. The van der Waals surface area contributed by atoms with Crippen LogP contribution in [0.5, 0.6) is 0 Å². The van der Waals surface area contributed by atoms with E-state index in [9.17, 15) is 0 Å². The van der Waals surface area contributed by atoms with Gasteiger partial charge in [0.2, 0.25) is 0 Å². The lowest BCUT2D eigenvalue weighted by Crippen LogP contribution is -2.51. The lowest BCUT2D eigenvalue weighted by molar-refractivity contribution is 0.107. The molecule has 2 heterocycles. The predicted molar refractivity (Wildman–Crippen MR) is 82.9 cm³/mol. The van der Waals surface area contributed by atoms with E-state index in [1.165, 1.54) is 31.4 Å². The van der Waals surface area contributed by atoms with Gasteiger partial charge in [-0.1, -0.05) is 32.9 Å². The number of hydrogen-bond acceptors (Lipinski definition) is 2. The summed E-state index contributed by atoms with van der Waals surface area (Å²) in [6.07, 6.45) is 3.92. The van der Waals surface area contributed by atoms with E-state index in [4.69, 9.17) is 4.43 Å². The number of piperidine rings is 1. The average molecular weight is 280 g/mol. The molecule has 3 rings (SSSR count). The third kappa shape index (κ3) is 1.97. The highest BCUT2D eigenvalue weighted by atomic mass is 28.4. The Hall–Kier alpha value is -0.123. The van der Waals surface area contributed by atoms with Crippen LogP contribution in [-0.4, -0.2) is 37.9 Å². The Balaban J connectivity index is 1.74. The van der Waals surface area contributed by atoms with E-state index < -0.39 is 8.32 Å². The molecule has 0 aromatic heterocycles. The van der Waals surface area contributed by atoms with Gasteiger partial charge in [0.05, 0.1) is 12.1 Å². The van der Waals surface area contributed by atoms with Crippen LogP contribution in [0.2, 0.25) is 18.1 Å². The molecule has 1 aliphatic carbocycles. The monoisotopic (exact) mass is 279 g/mol. The molecule has 0 aromatic carbocycles. The van der Waals surface area contributed by atoms with Crippen molar-refractivity contribution in [2.24, 2.45) is 5.92 Å². The third-order valence-corrected chi connectivity index (χ3v) is 10.7. The summed E-state index contributed by atoms with van der Waals surface area (Å²) in [6, 6.07) is 0.863. The molecule has 2 aliphatic heterocycles. The molecule has 0 bridgehead atoms. The lowest BCUT2D eigenvalue weighted by Gasteiger charge is -2.42. The van der Waals surface area contributed by atoms with Crippen molar-refractivity contribution < 1.29 is 4.43 Å². The summed E-state index contributed by atoms with van der Waals surface area (Å²) in [4.78, 5) is 2.73. The van der Waals surface area contributed by atoms with Crippen molar-refractivity contribution in [2.75, 3.05) is 13.2 Å². The van der Waals surface area contributed by atoms with E-state index in [1.54, 1.807) is 0 Å². The van der Waals surface area contributed by atoms with Crippen LogP contribution in [0.3, 0.4) is 0 Å². The van der Waals surface area contributed by atoms with Crippen LogP contribution in [-0.2, 0) is 4.43 Å². The summed E-state index contributed by atoms with van der Waals surface area (Å²) in [5.41, 5.74) is 1.65. The maximum Gasteiger partial charge on any atom is 0.192 e. The zero-order valence-corrected chi connectivity index (χ0v) is 14.3. The van der Waals surface area contributed by atoms with E-state index in [2.05, 4.69) is 45.3 Å². The molecule has 1 saturated carbocycles. The maximum absolute atomic E-state index is 6.56. The van der Waals surface area contributed by atoms with Gasteiger partial charge >= 0.3 is 0 Å². The predicted octanol–water partition coefficient (Wildman–Crippen LogP) is 3.80. The molecule has 0 spiro atoms. The van der Waals surface area contributed by atoms with Crippen molar-refractivity contribution in [3.8, 4) is 0 Å². The van der Waals surface area contributed by atoms with Gasteiger partial charge in [-0.2, -0.15) is 0 Å². The summed E-state index contributed by atoms with van der Waals surface area (Å²) >= 11 is 0. The molecule has 3 atom stereocenters. The summed E-state index contributed by atoms with van der Waals surface area (Å²) in [7, 11) is -1.64. The molecular weight excluding hydrogens is 250 g/mol. The van der Waals surface area contributed by atoms with Crippen LogP contribution >= 0.6 is 0 Å². The Morgan fingerprint density at radius 3 is 2.74 bits per heavy atom. The molecule has 0 amide bonds. The Labute approximate surface area is 119 Å². The van der Waals surface area contributed by atoms with Crippen molar-refractivity contribution in [2.45, 2.75) is 69.7 Å². The van der Waals surface area contributed by atoms with Crippen LogP contribution in [0.25, 0.3) is 0 Å². The highest BCUT2D eigenvalue weighted by molar-refractivity contribution is 6.74. The molecule has 108 valence electrons. The minimum Gasteiger partial charge on any atom is -0.415 e. The van der Waals surface area contributed by atoms with Gasteiger partial charge in [0.25, 0.3) is 0 Å². The zero-order valence-electron chi connectivity index (χ0n) is 13.3. The topological polar surface area (TPSA) is 12.5 Å². The Bertz CT molecular complexity index is 411. The minimum absolute atomic E-state index is 0.211. The zero-order chi connectivity index (χ0) is 14.1. The van der Waals surface area contributed by atoms with Gasteiger partial charge < -0.3 is 4.43 Å². The molecule has 0 N–H and O–H groups in total. The van der Waals surface area contributed by atoms with Crippen LogP contribution in [0.15, 0.2) is 12.2 Å². The molecule has 3 fully saturated rings. The molecule has 3 unspecified atom stereocenters. The second-order valence-corrected chi connectivity index (χ2v) is 13.2. The number of rotatable bonds is 3. The summed E-state index contributed by atoms with van der Waals surface area (Å²) in [5.74, 6) is 0.945. The molecule has 3 aliphatic rings. The normalized spacial score (nSPS) is 38.5. The quantitative estimate of drug-likeness (QED) is 0.575. The number of hydrogen-bond donors (Lipinski definition) is 0. The van der Waals surface area contributed by atoms with Crippen LogP contribution in [0.1, 0.15) is 40.0 Å². The molecule has 0 radical (unpaired) electrons. The summed E-state index contributed by atoms with van der Waals surface area (Å²) < 4.78 is 6.56. The van der Waals surface area contributed by atoms with Crippen LogP contribution in [0, 0.1) is 5.92 Å². The fraction of sp³-hybridized carbons (Fsp3) is 0.875. The van der Waals surface area contributed by atoms with Gasteiger partial charge in [0, 0.05) is 12.6 Å². The van der Waals surface area contributed by atoms with Crippen molar-refractivity contribution >= 4 is 8.32 Å². The summed E-state index contributed by atoms with van der Waals surface area (Å²) in [5, 5.41) is 0.302. The molecule has 2 nitrogen and oxygen atoms in total. The van der Waals surface area contributed by atoms with Crippen LogP contribution in [0.4, 0.5) is 0 Å². The van der Waals surface area contributed by atoms with Gasteiger partial charge in [0.15, 0.2) is 8.32 Å². The van der Waals surface area contributed by atoms with Gasteiger partial charge in [-0.05, 0) is 43.3 Å². The second-order valence-electron chi connectivity index (χ2n) is 8.39. The number of nitrogens with zero attached hydrogens (tertiary/aromatic N) is 1. The van der Waals surface area contributed by atoms with E-state index in [0.29, 0.717) is 5.04 Å². The smallest absolute Gasteiger partial charge is 0.192 e. The van der Waals surface area contributed by atoms with Crippen molar-refractivity contribution in [3.05, 3.63) is 12.2 Å². The van der Waals surface area contributed by atoms with Gasteiger partial charge in [-0.15, -0.1) is 0 Å². The summed E-state index contributed by atoms with van der Waals surface area (Å²) in [6.45, 7) is 18.2. The Morgan fingerprint density at radius 2 is 2.11 bits per heavy atom. The average Bonchev–Trinajstić information content (AvgIpc) is 2.85. The Morgan fingerprint density at radius 1 is 1.42 bits per heavy atom. The first kappa shape index (κ1) is 13.8. The van der Waals surface area contributed by atoms with Gasteiger partial charge in [0.1, 0.15) is 0 Å². The number of fused-ring (bicyclic) bond motifs is 3. The first-order valence-corrected chi connectivity index (χ1v) is 10.7. The lowest BCUT2D eigenvalue weighted by atomic mass is 9.89. The molecular formula is C16H29NOSi. The van der Waals surface area contributed by atoms with E-state index in [1.807, 2.05) is 0 Å². The minimum atomic E-state index is -1.64. The first-order chi connectivity index (χ1) is 8.67. The van der Waals surface area contributed by atoms with E-state index >= 15 is 0 Å². The first-order valence-electron chi connectivity index (χ1n) is 7.76. The van der Waals surface area contributed by atoms with Crippen LogP contribution < -0.4 is 0 Å². The van der Waals surface area contributed by atoms with Gasteiger partial charge in [-0.3, -0.25) is 4.90 Å². The third-order valence-electron chi connectivity index (χ3n) is 6.23. The van der Waals surface area contributed by atoms with E-state index in [-0.39, 0.29) is 5.54 Å². The largest absolute Gasteiger partial charge is 0.415 e. The van der Waals surface area contributed by atoms with Crippen molar-refractivity contribution in [1.82, 2.24) is 4.90 Å². The standard InChI is InChI=1S/C16H29NOSi/c1-12-7-8-17-14-9-13(14)10-16(12,17)11-18-19(5,6)15(2,3)4/h13-14H,1,7-11H2,2-6H3. The molecule has 2 saturated heterocycles. The second kappa shape index (κ2) is 3.96. The molecule has 3 heteroatoms. The fourth-order valence-corrected chi connectivity index (χ4v) is 4.71. The Kier molecular flexibility index (Phi) is 2.88. The highest BCUT2D eigenvalue weighted by Crippen LogP contribution is 2.58. The van der Waals surface area contributed by atoms with E-state index in [0.717, 1.165) is 18.6 Å². The molecule has 19 heavy (non-hydrogen) atoms. The SMILES string of the molecule is C=C1CCN2C3CC3CC12CO[Si](C)(C)C(C)(C)C. The van der Waals surface area contributed by atoms with Crippen molar-refractivity contribution in [3.63, 3.8) is 0 Å². The van der Waals surface area contributed by atoms with Crippen molar-refractivity contribution in [1.29, 1.82) is 0 Å². The molecule has 0 aromatic rings. The fourth-order valence-electron chi connectivity index (χ4n) is 3.68. The highest BCUT2D eigenvalue weighted by Gasteiger charge is 2.62.